The number of Topliss-reactive ketones (excluding diaryl/α,β-unsaturated/α-hetero) is 1. The summed E-state index contributed by atoms with van der Waals surface area (Å²) in [7, 11) is 1.08. The molecule has 0 aliphatic carbocycles. The Morgan fingerprint density at radius 3 is 2.04 bits per heavy atom. The maximum atomic E-state index is 12.5. The minimum Gasteiger partial charge on any atom is -0.467 e. The summed E-state index contributed by atoms with van der Waals surface area (Å²) in [4.78, 5) is 62.5. The van der Waals surface area contributed by atoms with Gasteiger partial charge in [0.1, 0.15) is 5.50 Å². The third-order valence-electron chi connectivity index (χ3n) is 4.23. The van der Waals surface area contributed by atoms with E-state index in [9.17, 15) is 24.0 Å². The Morgan fingerprint density at radius 2 is 1.64 bits per heavy atom. The van der Waals surface area contributed by atoms with Crippen molar-refractivity contribution in [1.29, 1.82) is 0 Å². The van der Waals surface area contributed by atoms with Gasteiger partial charge in [-0.15, -0.1) is 0 Å². The molecule has 0 N–H and O–H groups in total. The number of amides is 3. The average molecular weight is 365 g/mol. The standard InChI is InChI=1S/C16H13ClN2O6/c1-7(20)10(16(24)25-2)18-12(17)11(15(18)23)19-13(21)8-5-3-4-6-9(8)14(19)22/h3-6,10-12H,1-2H3/t10?,11-,12-/m1/s1. The van der Waals surface area contributed by atoms with Gasteiger partial charge in [-0.3, -0.25) is 24.1 Å². The topological polar surface area (TPSA) is 101 Å². The van der Waals surface area contributed by atoms with Crippen LogP contribution in [-0.4, -0.2) is 64.0 Å². The summed E-state index contributed by atoms with van der Waals surface area (Å²) in [5.74, 6) is -3.61. The SMILES string of the molecule is COC(=O)C(C(C)=O)N1C(=O)[C@H](N2C(=O)c3ccccc3C2=O)[C@@H]1Cl. The second kappa shape index (κ2) is 5.96. The number of rotatable bonds is 4. The number of β-lactam (4-membered cyclic amide) rings is 1. The van der Waals surface area contributed by atoms with Gasteiger partial charge in [-0.1, -0.05) is 23.7 Å². The maximum absolute atomic E-state index is 12.5. The predicted octanol–water partition coefficient (Wildman–Crippen LogP) is 0.189. The lowest BCUT2D eigenvalue weighted by molar-refractivity contribution is -0.168. The van der Waals surface area contributed by atoms with Crippen LogP contribution < -0.4 is 0 Å². The Kier molecular flexibility index (Phi) is 4.08. The molecule has 1 aromatic carbocycles. The van der Waals surface area contributed by atoms with Gasteiger partial charge in [0.05, 0.1) is 18.2 Å². The largest absolute Gasteiger partial charge is 0.467 e. The lowest BCUT2D eigenvalue weighted by Gasteiger charge is -2.48. The summed E-state index contributed by atoms with van der Waals surface area (Å²) in [6, 6.07) is 3.37. The summed E-state index contributed by atoms with van der Waals surface area (Å²) < 4.78 is 4.52. The number of carbonyl (C=O) groups is 5. The molecule has 25 heavy (non-hydrogen) atoms. The predicted molar refractivity (Wildman–Crippen MR) is 83.7 cm³/mol. The van der Waals surface area contributed by atoms with E-state index < -0.39 is 47.1 Å². The fourth-order valence-corrected chi connectivity index (χ4v) is 3.44. The molecular formula is C16H13ClN2O6. The number of benzene rings is 1. The van der Waals surface area contributed by atoms with E-state index in [4.69, 9.17) is 11.6 Å². The fourth-order valence-electron chi connectivity index (χ4n) is 3.01. The third-order valence-corrected chi connectivity index (χ3v) is 4.67. The van der Waals surface area contributed by atoms with E-state index in [2.05, 4.69) is 4.74 Å². The van der Waals surface area contributed by atoms with Crippen LogP contribution in [0.25, 0.3) is 0 Å². The van der Waals surface area contributed by atoms with Gasteiger partial charge in [-0.2, -0.15) is 0 Å². The minimum absolute atomic E-state index is 0.179. The molecule has 2 aliphatic rings. The number of fused-ring (bicyclic) bond motifs is 1. The molecular weight excluding hydrogens is 352 g/mol. The highest BCUT2D eigenvalue weighted by Crippen LogP contribution is 2.36. The van der Waals surface area contributed by atoms with Crippen LogP contribution >= 0.6 is 11.6 Å². The molecule has 130 valence electrons. The second-order valence-corrected chi connectivity index (χ2v) is 6.07. The van der Waals surface area contributed by atoms with Crippen molar-refractivity contribution in [2.75, 3.05) is 7.11 Å². The number of carbonyl (C=O) groups excluding carboxylic acids is 5. The van der Waals surface area contributed by atoms with Crippen LogP contribution in [0.1, 0.15) is 27.6 Å². The Morgan fingerprint density at radius 1 is 1.12 bits per heavy atom. The molecule has 0 bridgehead atoms. The van der Waals surface area contributed by atoms with Crippen LogP contribution in [-0.2, 0) is 19.1 Å². The number of nitrogens with zero attached hydrogens (tertiary/aromatic N) is 2. The molecule has 0 radical (unpaired) electrons. The van der Waals surface area contributed by atoms with Gasteiger partial charge in [0.25, 0.3) is 17.7 Å². The Hall–Kier alpha value is -2.74. The average Bonchev–Trinajstić information content (AvgIpc) is 2.84. The molecule has 1 aromatic rings. The van der Waals surface area contributed by atoms with E-state index >= 15 is 0 Å². The van der Waals surface area contributed by atoms with Gasteiger partial charge in [0, 0.05) is 0 Å². The molecule has 9 heteroatoms. The van der Waals surface area contributed by atoms with Crippen molar-refractivity contribution in [3.63, 3.8) is 0 Å². The smallest absolute Gasteiger partial charge is 0.336 e. The van der Waals surface area contributed by atoms with Crippen LogP contribution in [0.4, 0.5) is 0 Å². The highest BCUT2D eigenvalue weighted by atomic mass is 35.5. The summed E-state index contributed by atoms with van der Waals surface area (Å²) in [6.45, 7) is 1.12. The van der Waals surface area contributed by atoms with E-state index in [1.807, 2.05) is 0 Å². The van der Waals surface area contributed by atoms with E-state index in [-0.39, 0.29) is 11.1 Å². The number of hydrogen-bond acceptors (Lipinski definition) is 6. The molecule has 0 saturated carbocycles. The van der Waals surface area contributed by atoms with Crippen molar-refractivity contribution in [1.82, 2.24) is 9.80 Å². The quantitative estimate of drug-likeness (QED) is 0.189. The van der Waals surface area contributed by atoms with Crippen molar-refractivity contribution >= 4 is 41.1 Å². The monoisotopic (exact) mass is 364 g/mol. The van der Waals surface area contributed by atoms with Crippen LogP contribution in [0.5, 0.6) is 0 Å². The Balaban J connectivity index is 1.89. The molecule has 2 heterocycles. The molecule has 2 aliphatic heterocycles. The van der Waals surface area contributed by atoms with Crippen molar-refractivity contribution in [2.45, 2.75) is 24.5 Å². The maximum Gasteiger partial charge on any atom is 0.336 e. The minimum atomic E-state index is -1.51. The first-order chi connectivity index (χ1) is 11.8. The molecule has 0 aromatic heterocycles. The lowest BCUT2D eigenvalue weighted by atomic mass is 9.99. The van der Waals surface area contributed by atoms with E-state index in [0.717, 1.165) is 23.8 Å². The number of ether oxygens (including phenoxy) is 1. The first kappa shape index (κ1) is 17.1. The summed E-state index contributed by atoms with van der Waals surface area (Å²) in [6.07, 6.45) is 0. The molecule has 0 spiro atoms. The molecule has 8 nitrogen and oxygen atoms in total. The van der Waals surface area contributed by atoms with E-state index in [0.29, 0.717) is 0 Å². The normalized spacial score (nSPS) is 23.2. The number of hydrogen-bond donors (Lipinski definition) is 0. The van der Waals surface area contributed by atoms with Gasteiger partial charge in [0.2, 0.25) is 0 Å². The van der Waals surface area contributed by atoms with Crippen molar-refractivity contribution < 1.29 is 28.7 Å². The van der Waals surface area contributed by atoms with Crippen LogP contribution in [0.2, 0.25) is 0 Å². The van der Waals surface area contributed by atoms with Crippen LogP contribution in [0.15, 0.2) is 24.3 Å². The zero-order chi connectivity index (χ0) is 18.5. The summed E-state index contributed by atoms with van der Waals surface area (Å²) in [5, 5.41) is 0. The summed E-state index contributed by atoms with van der Waals surface area (Å²) >= 11 is 6.17. The zero-order valence-electron chi connectivity index (χ0n) is 13.3. The number of halogens is 1. The number of likely N-dealkylation sites (tertiary alicyclic amines) is 1. The zero-order valence-corrected chi connectivity index (χ0v) is 14.0. The van der Waals surface area contributed by atoms with Gasteiger partial charge in [0.15, 0.2) is 17.9 Å². The highest BCUT2D eigenvalue weighted by molar-refractivity contribution is 6.30. The van der Waals surface area contributed by atoms with Gasteiger partial charge in [-0.05, 0) is 19.1 Å². The number of imide groups is 1. The first-order valence-corrected chi connectivity index (χ1v) is 7.76. The molecule has 1 unspecified atom stereocenters. The highest BCUT2D eigenvalue weighted by Gasteiger charge is 2.59. The first-order valence-electron chi connectivity index (χ1n) is 7.32. The van der Waals surface area contributed by atoms with Crippen molar-refractivity contribution in [2.24, 2.45) is 0 Å². The third kappa shape index (κ3) is 2.32. The molecule has 1 saturated heterocycles. The van der Waals surface area contributed by atoms with Gasteiger partial charge < -0.3 is 9.64 Å². The van der Waals surface area contributed by atoms with Crippen LogP contribution in [0.3, 0.4) is 0 Å². The van der Waals surface area contributed by atoms with Gasteiger partial charge in [-0.25, -0.2) is 4.79 Å². The lowest BCUT2D eigenvalue weighted by Crippen LogP contribution is -2.73. The summed E-state index contributed by atoms with van der Waals surface area (Å²) in [5.41, 5.74) is -0.847. The molecule has 3 amide bonds. The number of alkyl halides is 1. The van der Waals surface area contributed by atoms with Crippen molar-refractivity contribution in [3.8, 4) is 0 Å². The fraction of sp³-hybridized carbons (Fsp3) is 0.312. The molecule has 3 atom stereocenters. The Labute approximate surface area is 147 Å². The number of esters is 1. The van der Waals surface area contributed by atoms with Crippen molar-refractivity contribution in [3.05, 3.63) is 35.4 Å². The number of methoxy groups -OCH3 is 1. The Bertz CT molecular complexity index is 788. The second-order valence-electron chi connectivity index (χ2n) is 5.63. The van der Waals surface area contributed by atoms with E-state index in [1.54, 1.807) is 12.1 Å². The van der Waals surface area contributed by atoms with Crippen LogP contribution in [0, 0.1) is 0 Å². The van der Waals surface area contributed by atoms with Gasteiger partial charge >= 0.3 is 5.97 Å². The molecule has 3 rings (SSSR count). The number of ketones is 1. The molecule has 1 fully saturated rings. The van der Waals surface area contributed by atoms with E-state index in [1.165, 1.54) is 12.1 Å².